The maximum atomic E-state index is 12.6. The van der Waals surface area contributed by atoms with Crippen LogP contribution in [-0.2, 0) is 11.3 Å². The molecule has 0 aliphatic carbocycles. The molecule has 0 aliphatic heterocycles. The van der Waals surface area contributed by atoms with Crippen molar-refractivity contribution in [2.24, 2.45) is 0 Å². The molecule has 1 aromatic heterocycles. The van der Waals surface area contributed by atoms with E-state index in [9.17, 15) is 9.59 Å². The quantitative estimate of drug-likeness (QED) is 0.794. The van der Waals surface area contributed by atoms with E-state index < -0.39 is 0 Å². The zero-order chi connectivity index (χ0) is 18.0. The van der Waals surface area contributed by atoms with Crippen molar-refractivity contribution >= 4 is 22.5 Å². The summed E-state index contributed by atoms with van der Waals surface area (Å²) in [6.07, 6.45) is 1.25. The van der Waals surface area contributed by atoms with Crippen LogP contribution in [0.3, 0.4) is 0 Å². The lowest BCUT2D eigenvalue weighted by molar-refractivity contribution is -0.116. The van der Waals surface area contributed by atoms with Crippen LogP contribution in [0.15, 0.2) is 53.5 Å². The highest BCUT2D eigenvalue weighted by Gasteiger charge is 2.13. The Morgan fingerprint density at radius 1 is 1.16 bits per heavy atom. The van der Waals surface area contributed by atoms with E-state index in [2.05, 4.69) is 24.3 Å². The third kappa shape index (κ3) is 3.45. The third-order valence-electron chi connectivity index (χ3n) is 4.25. The molecule has 1 amide bonds. The van der Waals surface area contributed by atoms with Crippen molar-refractivity contribution in [1.82, 2.24) is 9.78 Å². The number of nitrogens with zero attached hydrogens (tertiary/aromatic N) is 2. The SMILES string of the molecule is Cc1cccc(C(C)C)c1NC(=O)Cn1ncc(=O)c2ccccc21. The molecule has 3 rings (SSSR count). The molecule has 0 aliphatic rings. The van der Waals surface area contributed by atoms with Gasteiger partial charge in [0.15, 0.2) is 0 Å². The summed E-state index contributed by atoms with van der Waals surface area (Å²) in [7, 11) is 0. The molecule has 5 heteroatoms. The van der Waals surface area contributed by atoms with Crippen molar-refractivity contribution in [3.63, 3.8) is 0 Å². The number of hydrogen-bond acceptors (Lipinski definition) is 3. The fraction of sp³-hybridized carbons (Fsp3) is 0.250. The Morgan fingerprint density at radius 3 is 2.68 bits per heavy atom. The fourth-order valence-corrected chi connectivity index (χ4v) is 2.94. The molecule has 0 bridgehead atoms. The molecule has 0 fully saturated rings. The number of aryl methyl sites for hydroxylation is 1. The van der Waals surface area contributed by atoms with Gasteiger partial charge < -0.3 is 5.32 Å². The normalized spacial score (nSPS) is 11.0. The van der Waals surface area contributed by atoms with Crippen LogP contribution in [0.25, 0.3) is 10.9 Å². The zero-order valence-corrected chi connectivity index (χ0v) is 14.6. The Labute approximate surface area is 146 Å². The molecule has 0 saturated carbocycles. The van der Waals surface area contributed by atoms with Crippen LogP contribution in [0.1, 0.15) is 30.9 Å². The first-order chi connectivity index (χ1) is 12.0. The van der Waals surface area contributed by atoms with Crippen LogP contribution in [0.2, 0.25) is 0 Å². The number of hydrogen-bond donors (Lipinski definition) is 1. The van der Waals surface area contributed by atoms with Gasteiger partial charge in [0.2, 0.25) is 11.3 Å². The number of fused-ring (bicyclic) bond motifs is 1. The minimum absolute atomic E-state index is 0.0483. The predicted molar refractivity (Wildman–Crippen MR) is 99.9 cm³/mol. The first kappa shape index (κ1) is 16.9. The second-order valence-electron chi connectivity index (χ2n) is 6.43. The third-order valence-corrected chi connectivity index (χ3v) is 4.25. The van der Waals surface area contributed by atoms with Crippen molar-refractivity contribution in [2.75, 3.05) is 5.32 Å². The number of para-hydroxylation sites is 2. The van der Waals surface area contributed by atoms with Crippen molar-refractivity contribution in [3.05, 3.63) is 70.0 Å². The summed E-state index contributed by atoms with van der Waals surface area (Å²) in [6, 6.07) is 13.2. The van der Waals surface area contributed by atoms with Gasteiger partial charge >= 0.3 is 0 Å². The Morgan fingerprint density at radius 2 is 1.92 bits per heavy atom. The van der Waals surface area contributed by atoms with Crippen molar-refractivity contribution in [2.45, 2.75) is 33.2 Å². The number of carbonyl (C=O) groups excluding carboxylic acids is 1. The van der Waals surface area contributed by atoms with Crippen molar-refractivity contribution in [1.29, 1.82) is 0 Å². The summed E-state index contributed by atoms with van der Waals surface area (Å²) in [4.78, 5) is 24.5. The average Bonchev–Trinajstić information content (AvgIpc) is 2.59. The first-order valence-electron chi connectivity index (χ1n) is 8.31. The molecule has 1 heterocycles. The van der Waals surface area contributed by atoms with E-state index in [0.29, 0.717) is 16.8 Å². The molecule has 0 saturated heterocycles. The van der Waals surface area contributed by atoms with Gasteiger partial charge in [-0.3, -0.25) is 14.3 Å². The van der Waals surface area contributed by atoms with Gasteiger partial charge in [-0.1, -0.05) is 44.2 Å². The average molecular weight is 335 g/mol. The van der Waals surface area contributed by atoms with E-state index in [1.54, 1.807) is 22.9 Å². The highest BCUT2D eigenvalue weighted by atomic mass is 16.2. The summed E-state index contributed by atoms with van der Waals surface area (Å²) in [5.41, 5.74) is 3.49. The van der Waals surface area contributed by atoms with Crippen LogP contribution < -0.4 is 10.7 Å². The van der Waals surface area contributed by atoms with Crippen LogP contribution in [0, 0.1) is 6.92 Å². The number of amides is 1. The summed E-state index contributed by atoms with van der Waals surface area (Å²) in [5.74, 6) is 0.138. The molecular weight excluding hydrogens is 314 g/mol. The number of carbonyl (C=O) groups is 1. The molecular formula is C20H21N3O2. The topological polar surface area (TPSA) is 64.0 Å². The molecule has 5 nitrogen and oxygen atoms in total. The summed E-state index contributed by atoms with van der Waals surface area (Å²) < 4.78 is 1.55. The molecule has 0 atom stereocenters. The predicted octanol–water partition coefficient (Wildman–Crippen LogP) is 3.47. The summed E-state index contributed by atoms with van der Waals surface area (Å²) in [5, 5.41) is 7.68. The molecule has 1 N–H and O–H groups in total. The van der Waals surface area contributed by atoms with Crippen LogP contribution >= 0.6 is 0 Å². The van der Waals surface area contributed by atoms with Crippen LogP contribution in [-0.4, -0.2) is 15.7 Å². The molecule has 2 aromatic carbocycles. The number of anilines is 1. The van der Waals surface area contributed by atoms with Gasteiger partial charge in [-0.05, 0) is 36.1 Å². The van der Waals surface area contributed by atoms with E-state index in [1.165, 1.54) is 6.20 Å². The Bertz CT molecular complexity index is 990. The lowest BCUT2D eigenvalue weighted by Crippen LogP contribution is -2.23. The molecule has 128 valence electrons. The van der Waals surface area contributed by atoms with Gasteiger partial charge in [0.25, 0.3) is 0 Å². The molecule has 0 radical (unpaired) electrons. The second-order valence-corrected chi connectivity index (χ2v) is 6.43. The number of rotatable bonds is 4. The highest BCUT2D eigenvalue weighted by molar-refractivity contribution is 5.93. The van der Waals surface area contributed by atoms with Gasteiger partial charge in [0.1, 0.15) is 6.54 Å². The van der Waals surface area contributed by atoms with E-state index in [4.69, 9.17) is 0 Å². The zero-order valence-electron chi connectivity index (χ0n) is 14.6. The lowest BCUT2D eigenvalue weighted by atomic mass is 9.98. The van der Waals surface area contributed by atoms with Crippen LogP contribution in [0.4, 0.5) is 5.69 Å². The van der Waals surface area contributed by atoms with Gasteiger partial charge in [-0.2, -0.15) is 5.10 Å². The second kappa shape index (κ2) is 6.89. The maximum Gasteiger partial charge on any atom is 0.246 e. The summed E-state index contributed by atoms with van der Waals surface area (Å²) >= 11 is 0. The van der Waals surface area contributed by atoms with Gasteiger partial charge in [0, 0.05) is 11.1 Å². The summed E-state index contributed by atoms with van der Waals surface area (Å²) in [6.45, 7) is 6.23. The monoisotopic (exact) mass is 335 g/mol. The van der Waals surface area contributed by atoms with Crippen molar-refractivity contribution in [3.8, 4) is 0 Å². The molecule has 25 heavy (non-hydrogen) atoms. The number of nitrogens with one attached hydrogen (secondary N) is 1. The largest absolute Gasteiger partial charge is 0.324 e. The van der Waals surface area contributed by atoms with Crippen molar-refractivity contribution < 1.29 is 4.79 Å². The number of benzene rings is 2. The van der Waals surface area contributed by atoms with E-state index in [-0.39, 0.29) is 17.9 Å². The van der Waals surface area contributed by atoms with Gasteiger partial charge in [-0.15, -0.1) is 0 Å². The Kier molecular flexibility index (Phi) is 4.65. The van der Waals surface area contributed by atoms with E-state index in [0.717, 1.165) is 16.8 Å². The fourth-order valence-electron chi connectivity index (χ4n) is 2.94. The Hall–Kier alpha value is -2.95. The highest BCUT2D eigenvalue weighted by Crippen LogP contribution is 2.27. The smallest absolute Gasteiger partial charge is 0.246 e. The number of aromatic nitrogens is 2. The minimum Gasteiger partial charge on any atom is -0.324 e. The lowest BCUT2D eigenvalue weighted by Gasteiger charge is -2.17. The molecule has 3 aromatic rings. The van der Waals surface area contributed by atoms with E-state index in [1.807, 2.05) is 31.2 Å². The first-order valence-corrected chi connectivity index (χ1v) is 8.31. The Balaban J connectivity index is 1.90. The van der Waals surface area contributed by atoms with E-state index >= 15 is 0 Å². The standard InChI is InChI=1S/C20H21N3O2/c1-13(2)15-9-6-7-14(3)20(15)22-19(25)12-23-17-10-5-4-8-16(17)18(24)11-21-23/h4-11,13H,12H2,1-3H3,(H,22,25). The van der Waals surface area contributed by atoms with Gasteiger partial charge in [0.05, 0.1) is 11.7 Å². The maximum absolute atomic E-state index is 12.6. The van der Waals surface area contributed by atoms with Gasteiger partial charge in [-0.25, -0.2) is 0 Å². The molecule has 0 unspecified atom stereocenters. The molecule has 0 spiro atoms. The minimum atomic E-state index is -0.169. The van der Waals surface area contributed by atoms with Crippen LogP contribution in [0.5, 0.6) is 0 Å².